The summed E-state index contributed by atoms with van der Waals surface area (Å²) in [4.78, 5) is -0.390. The highest BCUT2D eigenvalue weighted by Gasteiger charge is 2.20. The van der Waals surface area contributed by atoms with Crippen molar-refractivity contribution < 1.29 is 16.8 Å². The predicted molar refractivity (Wildman–Crippen MR) is 89.8 cm³/mol. The first kappa shape index (κ1) is 18.0. The highest BCUT2D eigenvalue weighted by atomic mass is 35.5. The van der Waals surface area contributed by atoms with E-state index in [1.807, 2.05) is 0 Å². The maximum atomic E-state index is 12.4. The Morgan fingerprint density at radius 1 is 0.957 bits per heavy atom. The molecule has 0 fully saturated rings. The lowest BCUT2D eigenvalue weighted by molar-refractivity contribution is 0.596. The van der Waals surface area contributed by atoms with Crippen LogP contribution >= 0.6 is 23.2 Å². The van der Waals surface area contributed by atoms with Gasteiger partial charge in [-0.2, -0.15) is 0 Å². The molecule has 2 rings (SSSR count). The first-order valence-corrected chi connectivity index (χ1v) is 9.90. The lowest BCUT2D eigenvalue weighted by Crippen LogP contribution is -2.16. The minimum Gasteiger partial charge on any atom is -0.280 e. The number of hydrogen-bond donors (Lipinski definition) is 2. The highest BCUT2D eigenvalue weighted by molar-refractivity contribution is 7.93. The Labute approximate surface area is 144 Å². The van der Waals surface area contributed by atoms with Crippen LogP contribution in [-0.2, 0) is 20.0 Å². The van der Waals surface area contributed by atoms with Gasteiger partial charge in [0.2, 0.25) is 10.0 Å². The van der Waals surface area contributed by atoms with Crippen molar-refractivity contribution in [1.29, 1.82) is 0 Å². The van der Waals surface area contributed by atoms with Gasteiger partial charge in [0.1, 0.15) is 4.90 Å². The molecule has 0 aliphatic carbocycles. The van der Waals surface area contributed by atoms with Gasteiger partial charge < -0.3 is 0 Å². The second kappa shape index (κ2) is 6.29. The average molecular weight is 395 g/mol. The fourth-order valence-electron chi connectivity index (χ4n) is 1.86. The summed E-state index contributed by atoms with van der Waals surface area (Å²) in [5.74, 6) is 0. The summed E-state index contributed by atoms with van der Waals surface area (Å²) in [6.45, 7) is 1.55. The van der Waals surface area contributed by atoms with E-state index in [0.29, 0.717) is 5.56 Å². The summed E-state index contributed by atoms with van der Waals surface area (Å²) in [6.07, 6.45) is 0. The molecule has 0 heterocycles. The molecule has 0 aliphatic rings. The molecule has 2 aromatic carbocycles. The molecule has 0 saturated carbocycles. The molecule has 0 spiro atoms. The number of halogens is 2. The molecular weight excluding hydrogens is 383 g/mol. The summed E-state index contributed by atoms with van der Waals surface area (Å²) in [6, 6.07) is 8.00. The Kier molecular flexibility index (Phi) is 4.93. The third-order valence-electron chi connectivity index (χ3n) is 2.93. The number of primary sulfonamides is 1. The van der Waals surface area contributed by atoms with Crippen molar-refractivity contribution in [1.82, 2.24) is 0 Å². The van der Waals surface area contributed by atoms with Gasteiger partial charge in [0.05, 0.1) is 15.6 Å². The molecule has 3 N–H and O–H groups in total. The maximum Gasteiger partial charge on any atom is 0.263 e. The van der Waals surface area contributed by atoms with Gasteiger partial charge in [0.25, 0.3) is 10.0 Å². The van der Waals surface area contributed by atoms with E-state index in [2.05, 4.69) is 4.72 Å². The van der Waals surface area contributed by atoms with Crippen molar-refractivity contribution in [3.05, 3.63) is 52.0 Å². The Morgan fingerprint density at radius 3 is 2.22 bits per heavy atom. The molecule has 0 saturated heterocycles. The number of anilines is 1. The van der Waals surface area contributed by atoms with Crippen LogP contribution in [0, 0.1) is 6.92 Å². The van der Waals surface area contributed by atoms with Crippen molar-refractivity contribution >= 4 is 48.9 Å². The minimum absolute atomic E-state index is 0.0133. The van der Waals surface area contributed by atoms with Crippen LogP contribution in [0.15, 0.2) is 46.2 Å². The predicted octanol–water partition coefficient (Wildman–Crippen LogP) is 2.75. The monoisotopic (exact) mass is 394 g/mol. The number of aryl methyl sites for hydroxylation is 1. The number of sulfonamides is 2. The molecule has 23 heavy (non-hydrogen) atoms. The number of rotatable bonds is 4. The van der Waals surface area contributed by atoms with E-state index in [4.69, 9.17) is 28.3 Å². The van der Waals surface area contributed by atoms with Crippen LogP contribution in [0.1, 0.15) is 5.56 Å². The summed E-state index contributed by atoms with van der Waals surface area (Å²) < 4.78 is 50.0. The average Bonchev–Trinajstić information content (AvgIpc) is 2.42. The van der Waals surface area contributed by atoms with Gasteiger partial charge in [-0.3, -0.25) is 4.72 Å². The Hall–Kier alpha value is -1.32. The molecule has 0 aromatic heterocycles. The third kappa shape index (κ3) is 4.15. The summed E-state index contributed by atoms with van der Waals surface area (Å²) in [7, 11) is -8.02. The molecule has 0 radical (unpaired) electrons. The van der Waals surface area contributed by atoms with E-state index < -0.39 is 20.0 Å². The second-order valence-corrected chi connectivity index (χ2v) is 8.73. The minimum atomic E-state index is -4.04. The van der Waals surface area contributed by atoms with Crippen LogP contribution in [0.5, 0.6) is 0 Å². The van der Waals surface area contributed by atoms with E-state index in [9.17, 15) is 16.8 Å². The van der Waals surface area contributed by atoms with Crippen LogP contribution < -0.4 is 9.86 Å². The Morgan fingerprint density at radius 2 is 1.61 bits per heavy atom. The van der Waals surface area contributed by atoms with Gasteiger partial charge >= 0.3 is 0 Å². The maximum absolute atomic E-state index is 12.4. The molecule has 10 heteroatoms. The van der Waals surface area contributed by atoms with Crippen LogP contribution in [0.3, 0.4) is 0 Å². The van der Waals surface area contributed by atoms with Gasteiger partial charge in [0.15, 0.2) is 0 Å². The molecule has 0 unspecified atom stereocenters. The zero-order chi connectivity index (χ0) is 17.4. The first-order chi connectivity index (χ1) is 10.5. The molecule has 124 valence electrons. The SMILES string of the molecule is Cc1ccc(NS(=O)(=O)c2cc(Cl)ccc2Cl)cc1S(N)(=O)=O. The number of nitrogens with two attached hydrogens (primary N) is 1. The van der Waals surface area contributed by atoms with E-state index in [-0.39, 0.29) is 25.5 Å². The topological polar surface area (TPSA) is 106 Å². The Balaban J connectivity index is 2.48. The molecule has 2 aromatic rings. The van der Waals surface area contributed by atoms with Crippen LogP contribution in [0.2, 0.25) is 10.0 Å². The molecule has 0 aliphatic heterocycles. The molecule has 0 atom stereocenters. The normalized spacial score (nSPS) is 12.2. The highest BCUT2D eigenvalue weighted by Crippen LogP contribution is 2.28. The number of benzene rings is 2. The molecular formula is C13H12Cl2N2O4S2. The first-order valence-electron chi connectivity index (χ1n) is 6.12. The standard InChI is InChI=1S/C13H12Cl2N2O4S2/c1-8-2-4-10(7-12(8)22(16,18)19)17-23(20,21)13-6-9(14)3-5-11(13)15/h2-7,17H,1H3,(H2,16,18,19). The lowest BCUT2D eigenvalue weighted by atomic mass is 10.2. The fourth-order valence-corrected chi connectivity index (χ4v) is 4.48. The van der Waals surface area contributed by atoms with Crippen LogP contribution in [0.25, 0.3) is 0 Å². The van der Waals surface area contributed by atoms with E-state index in [0.717, 1.165) is 6.07 Å². The van der Waals surface area contributed by atoms with Gasteiger partial charge in [0, 0.05) is 5.02 Å². The third-order valence-corrected chi connectivity index (χ3v) is 6.08. The molecule has 6 nitrogen and oxygen atoms in total. The zero-order valence-corrected chi connectivity index (χ0v) is 14.9. The second-order valence-electron chi connectivity index (χ2n) is 4.71. The molecule has 0 bridgehead atoms. The quantitative estimate of drug-likeness (QED) is 0.830. The largest absolute Gasteiger partial charge is 0.280 e. The lowest BCUT2D eigenvalue weighted by Gasteiger charge is -2.12. The fraction of sp³-hybridized carbons (Fsp3) is 0.0769. The zero-order valence-electron chi connectivity index (χ0n) is 11.7. The van der Waals surface area contributed by atoms with Gasteiger partial charge in [-0.05, 0) is 42.8 Å². The Bertz CT molecular complexity index is 973. The molecule has 0 amide bonds. The van der Waals surface area contributed by atoms with E-state index in [1.54, 1.807) is 6.92 Å². The van der Waals surface area contributed by atoms with Gasteiger partial charge in [-0.25, -0.2) is 22.0 Å². The van der Waals surface area contributed by atoms with Crippen molar-refractivity contribution in [2.24, 2.45) is 5.14 Å². The number of hydrogen-bond acceptors (Lipinski definition) is 4. The van der Waals surface area contributed by atoms with Gasteiger partial charge in [-0.1, -0.05) is 29.3 Å². The smallest absolute Gasteiger partial charge is 0.263 e. The van der Waals surface area contributed by atoms with Crippen molar-refractivity contribution in [3.63, 3.8) is 0 Å². The number of nitrogens with one attached hydrogen (secondary N) is 1. The summed E-state index contributed by atoms with van der Waals surface area (Å²) in [5.41, 5.74) is 0.437. The van der Waals surface area contributed by atoms with Crippen molar-refractivity contribution in [3.8, 4) is 0 Å². The summed E-state index contributed by atoms with van der Waals surface area (Å²) >= 11 is 11.7. The van der Waals surface area contributed by atoms with E-state index in [1.165, 1.54) is 30.3 Å². The van der Waals surface area contributed by atoms with Gasteiger partial charge in [-0.15, -0.1) is 0 Å². The van der Waals surface area contributed by atoms with E-state index >= 15 is 0 Å². The van der Waals surface area contributed by atoms with Crippen molar-refractivity contribution in [2.75, 3.05) is 4.72 Å². The van der Waals surface area contributed by atoms with Crippen LogP contribution in [-0.4, -0.2) is 16.8 Å². The van der Waals surface area contributed by atoms with Crippen molar-refractivity contribution in [2.45, 2.75) is 16.7 Å². The van der Waals surface area contributed by atoms with Crippen LogP contribution in [0.4, 0.5) is 5.69 Å². The summed E-state index contributed by atoms with van der Waals surface area (Å²) in [5, 5.41) is 5.29.